The van der Waals surface area contributed by atoms with E-state index in [-0.39, 0.29) is 6.61 Å². The van der Waals surface area contributed by atoms with Crippen LogP contribution < -0.4 is 0 Å². The summed E-state index contributed by atoms with van der Waals surface area (Å²) in [4.78, 5) is 10.7. The van der Waals surface area contributed by atoms with Gasteiger partial charge in [-0.2, -0.15) is 0 Å². The van der Waals surface area contributed by atoms with Crippen molar-refractivity contribution in [1.29, 1.82) is 0 Å². The van der Waals surface area contributed by atoms with Crippen LogP contribution in [0.1, 0.15) is 30.3 Å². The molecule has 4 nitrogen and oxygen atoms in total. The zero-order chi connectivity index (χ0) is 10.7. The van der Waals surface area contributed by atoms with Crippen molar-refractivity contribution < 1.29 is 5.11 Å². The van der Waals surface area contributed by atoms with Crippen LogP contribution in [0.5, 0.6) is 0 Å². The molecule has 1 aliphatic rings. The van der Waals surface area contributed by atoms with Gasteiger partial charge in [-0.05, 0) is 39.0 Å². The van der Waals surface area contributed by atoms with Gasteiger partial charge in [0.15, 0.2) is 5.82 Å². The highest BCUT2D eigenvalue weighted by Gasteiger charge is 2.19. The van der Waals surface area contributed by atoms with E-state index in [2.05, 4.69) is 21.9 Å². The number of piperidine rings is 1. The molecule has 1 aliphatic heterocycles. The average molecular weight is 207 g/mol. The van der Waals surface area contributed by atoms with Crippen molar-refractivity contribution in [2.75, 3.05) is 20.1 Å². The molecular weight excluding hydrogens is 190 g/mol. The summed E-state index contributed by atoms with van der Waals surface area (Å²) in [5.74, 6) is 1.07. The zero-order valence-corrected chi connectivity index (χ0v) is 9.06. The summed E-state index contributed by atoms with van der Waals surface area (Å²) in [5, 5.41) is 8.97. The molecule has 1 N–H and O–H groups in total. The molecular formula is C11H17N3O. The number of aliphatic hydroxyl groups excluding tert-OH is 1. The SMILES string of the molecule is CN1CCC(c2ccnc(CO)n2)CC1. The van der Waals surface area contributed by atoms with Gasteiger partial charge in [0.05, 0.1) is 0 Å². The molecule has 0 bridgehead atoms. The van der Waals surface area contributed by atoms with Gasteiger partial charge >= 0.3 is 0 Å². The van der Waals surface area contributed by atoms with Crippen molar-refractivity contribution >= 4 is 0 Å². The van der Waals surface area contributed by atoms with Gasteiger partial charge in [0, 0.05) is 17.8 Å². The van der Waals surface area contributed by atoms with Crippen LogP contribution in [0, 0.1) is 0 Å². The Bertz CT molecular complexity index is 321. The Labute approximate surface area is 90.0 Å². The lowest BCUT2D eigenvalue weighted by atomic mass is 9.93. The van der Waals surface area contributed by atoms with E-state index in [1.54, 1.807) is 6.20 Å². The molecule has 1 aromatic rings. The Morgan fingerprint density at radius 2 is 2.20 bits per heavy atom. The Kier molecular flexibility index (Phi) is 3.28. The van der Waals surface area contributed by atoms with Crippen molar-refractivity contribution in [3.05, 3.63) is 23.8 Å². The molecule has 0 radical (unpaired) electrons. The molecule has 15 heavy (non-hydrogen) atoms. The molecule has 2 rings (SSSR count). The van der Waals surface area contributed by atoms with Gasteiger partial charge in [-0.3, -0.25) is 0 Å². The standard InChI is InChI=1S/C11H17N3O/c1-14-6-3-9(4-7-14)10-2-5-12-11(8-15)13-10/h2,5,9,15H,3-4,6-8H2,1H3. The van der Waals surface area contributed by atoms with Crippen LogP contribution in [0.15, 0.2) is 12.3 Å². The van der Waals surface area contributed by atoms with Crippen molar-refractivity contribution in [2.24, 2.45) is 0 Å². The van der Waals surface area contributed by atoms with E-state index in [9.17, 15) is 0 Å². The highest BCUT2D eigenvalue weighted by atomic mass is 16.3. The maximum Gasteiger partial charge on any atom is 0.153 e. The molecule has 0 unspecified atom stereocenters. The highest BCUT2D eigenvalue weighted by Crippen LogP contribution is 2.25. The minimum Gasteiger partial charge on any atom is -0.388 e. The molecule has 1 aromatic heterocycles. The monoisotopic (exact) mass is 207 g/mol. The fourth-order valence-electron chi connectivity index (χ4n) is 2.02. The van der Waals surface area contributed by atoms with Crippen molar-refractivity contribution in [1.82, 2.24) is 14.9 Å². The molecule has 4 heteroatoms. The average Bonchev–Trinajstić information content (AvgIpc) is 2.30. The first-order valence-electron chi connectivity index (χ1n) is 5.41. The number of likely N-dealkylation sites (tertiary alicyclic amines) is 1. The first kappa shape index (κ1) is 10.5. The van der Waals surface area contributed by atoms with Crippen LogP contribution in [0.4, 0.5) is 0 Å². The van der Waals surface area contributed by atoms with E-state index >= 15 is 0 Å². The topological polar surface area (TPSA) is 49.2 Å². The lowest BCUT2D eigenvalue weighted by Crippen LogP contribution is -2.29. The third kappa shape index (κ3) is 2.52. The molecule has 2 heterocycles. The second-order valence-corrected chi connectivity index (χ2v) is 4.13. The summed E-state index contributed by atoms with van der Waals surface area (Å²) in [6, 6.07) is 1.97. The van der Waals surface area contributed by atoms with Gasteiger partial charge in [-0.1, -0.05) is 0 Å². The summed E-state index contributed by atoms with van der Waals surface area (Å²) in [7, 11) is 2.15. The molecule has 0 aromatic carbocycles. The quantitative estimate of drug-likeness (QED) is 0.778. The summed E-state index contributed by atoms with van der Waals surface area (Å²) in [5.41, 5.74) is 1.09. The number of aromatic nitrogens is 2. The smallest absolute Gasteiger partial charge is 0.153 e. The van der Waals surface area contributed by atoms with E-state index in [4.69, 9.17) is 5.11 Å². The first-order chi connectivity index (χ1) is 7.29. The van der Waals surface area contributed by atoms with Crippen LogP contribution in [0.25, 0.3) is 0 Å². The molecule has 0 spiro atoms. The molecule has 0 atom stereocenters. The number of nitrogens with zero attached hydrogens (tertiary/aromatic N) is 3. The van der Waals surface area contributed by atoms with Crippen molar-refractivity contribution in [3.63, 3.8) is 0 Å². The number of rotatable bonds is 2. The molecule has 1 saturated heterocycles. The lowest BCUT2D eigenvalue weighted by Gasteiger charge is -2.28. The van der Waals surface area contributed by atoms with E-state index in [0.29, 0.717) is 11.7 Å². The minimum atomic E-state index is -0.0690. The molecule has 1 fully saturated rings. The summed E-state index contributed by atoms with van der Waals surface area (Å²) in [6.07, 6.45) is 4.04. The van der Waals surface area contributed by atoms with E-state index < -0.39 is 0 Å². The Balaban J connectivity index is 2.08. The minimum absolute atomic E-state index is 0.0690. The normalized spacial score (nSPS) is 19.3. The Morgan fingerprint density at radius 1 is 1.47 bits per heavy atom. The Hall–Kier alpha value is -1.00. The van der Waals surface area contributed by atoms with Crippen molar-refractivity contribution in [2.45, 2.75) is 25.4 Å². The van der Waals surface area contributed by atoms with Crippen LogP contribution >= 0.6 is 0 Å². The molecule has 0 aliphatic carbocycles. The largest absolute Gasteiger partial charge is 0.388 e. The summed E-state index contributed by atoms with van der Waals surface area (Å²) in [6.45, 7) is 2.19. The van der Waals surface area contributed by atoms with Crippen molar-refractivity contribution in [3.8, 4) is 0 Å². The van der Waals surface area contributed by atoms with Crippen LogP contribution in [0.3, 0.4) is 0 Å². The summed E-state index contributed by atoms with van der Waals surface area (Å²) < 4.78 is 0. The van der Waals surface area contributed by atoms with E-state index in [0.717, 1.165) is 31.6 Å². The molecule has 0 saturated carbocycles. The van der Waals surface area contributed by atoms with Gasteiger partial charge in [-0.15, -0.1) is 0 Å². The van der Waals surface area contributed by atoms with Gasteiger partial charge in [0.2, 0.25) is 0 Å². The maximum absolute atomic E-state index is 8.97. The first-order valence-corrected chi connectivity index (χ1v) is 5.41. The fraction of sp³-hybridized carbons (Fsp3) is 0.636. The predicted molar refractivity (Wildman–Crippen MR) is 57.4 cm³/mol. The summed E-state index contributed by atoms with van der Waals surface area (Å²) >= 11 is 0. The Morgan fingerprint density at radius 3 is 2.87 bits per heavy atom. The number of hydrogen-bond acceptors (Lipinski definition) is 4. The third-order valence-electron chi connectivity index (χ3n) is 3.01. The van der Waals surface area contributed by atoms with E-state index in [1.807, 2.05) is 6.07 Å². The second kappa shape index (κ2) is 4.68. The van der Waals surface area contributed by atoms with Gasteiger partial charge in [0.1, 0.15) is 6.61 Å². The van der Waals surface area contributed by atoms with Gasteiger partial charge in [0.25, 0.3) is 0 Å². The van der Waals surface area contributed by atoms with Gasteiger partial charge in [-0.25, -0.2) is 9.97 Å². The van der Waals surface area contributed by atoms with E-state index in [1.165, 1.54) is 0 Å². The second-order valence-electron chi connectivity index (χ2n) is 4.13. The predicted octanol–water partition coefficient (Wildman–Crippen LogP) is 0.778. The molecule has 0 amide bonds. The van der Waals surface area contributed by atoms with Crippen LogP contribution in [-0.2, 0) is 6.61 Å². The van der Waals surface area contributed by atoms with Gasteiger partial charge < -0.3 is 10.0 Å². The maximum atomic E-state index is 8.97. The zero-order valence-electron chi connectivity index (χ0n) is 9.06. The third-order valence-corrected chi connectivity index (χ3v) is 3.01. The number of aliphatic hydroxyl groups is 1. The fourth-order valence-corrected chi connectivity index (χ4v) is 2.02. The highest BCUT2D eigenvalue weighted by molar-refractivity contribution is 5.09. The lowest BCUT2D eigenvalue weighted by molar-refractivity contribution is 0.250. The van der Waals surface area contributed by atoms with Crippen LogP contribution in [0.2, 0.25) is 0 Å². The van der Waals surface area contributed by atoms with Crippen LogP contribution in [-0.4, -0.2) is 40.1 Å². The number of hydrogen-bond donors (Lipinski definition) is 1. The molecule has 82 valence electrons.